The van der Waals surface area contributed by atoms with Crippen molar-refractivity contribution < 1.29 is 28.2 Å². The molecule has 0 saturated heterocycles. The van der Waals surface area contributed by atoms with Crippen molar-refractivity contribution >= 4 is 11.9 Å². The summed E-state index contributed by atoms with van der Waals surface area (Å²) in [6.07, 6.45) is 0.0539. The zero-order valence-corrected chi connectivity index (χ0v) is 24.9. The van der Waals surface area contributed by atoms with Crippen molar-refractivity contribution in [1.82, 2.24) is 4.98 Å². The van der Waals surface area contributed by atoms with Gasteiger partial charge < -0.3 is 18.6 Å². The van der Waals surface area contributed by atoms with Crippen LogP contribution < -0.4 is 4.74 Å². The fourth-order valence-electron chi connectivity index (χ4n) is 4.85. The third-order valence-corrected chi connectivity index (χ3v) is 7.09. The molecule has 0 bridgehead atoms. The van der Waals surface area contributed by atoms with Crippen LogP contribution in [-0.4, -0.2) is 29.6 Å². The van der Waals surface area contributed by atoms with Gasteiger partial charge in [-0.15, -0.1) is 0 Å². The second-order valence-corrected chi connectivity index (χ2v) is 10.4. The largest absolute Gasteiger partial charge is 0.459 e. The molecule has 0 aliphatic rings. The third kappa shape index (κ3) is 8.30. The van der Waals surface area contributed by atoms with Crippen LogP contribution in [0.2, 0.25) is 0 Å². The van der Waals surface area contributed by atoms with Gasteiger partial charge in [0, 0.05) is 25.0 Å². The molecule has 0 amide bonds. The van der Waals surface area contributed by atoms with Crippen LogP contribution >= 0.6 is 0 Å². The summed E-state index contributed by atoms with van der Waals surface area (Å²) in [6.45, 7) is 4.18. The van der Waals surface area contributed by atoms with Gasteiger partial charge in [-0.25, -0.2) is 9.78 Å². The smallest absolute Gasteiger partial charge is 0.335 e. The number of nitrogens with zero attached hydrogens (tertiary/aromatic N) is 1. The maximum absolute atomic E-state index is 13.1. The molecule has 7 nitrogen and oxygen atoms in total. The summed E-state index contributed by atoms with van der Waals surface area (Å²) in [5.74, 6) is 0.619. The van der Waals surface area contributed by atoms with Crippen LogP contribution in [0.3, 0.4) is 0 Å². The lowest BCUT2D eigenvalue weighted by Crippen LogP contribution is -2.29. The average Bonchev–Trinajstić information content (AvgIpc) is 3.41. The van der Waals surface area contributed by atoms with Gasteiger partial charge in [0.05, 0.1) is 12.1 Å². The molecule has 0 saturated carbocycles. The Bertz CT molecular complexity index is 1660. The van der Waals surface area contributed by atoms with E-state index >= 15 is 0 Å². The van der Waals surface area contributed by atoms with Crippen LogP contribution in [0.25, 0.3) is 11.5 Å². The van der Waals surface area contributed by atoms with Crippen LogP contribution in [0.1, 0.15) is 40.6 Å². The van der Waals surface area contributed by atoms with Gasteiger partial charge in [-0.2, -0.15) is 0 Å². The molecule has 224 valence electrons. The number of hydrogen-bond donors (Lipinski definition) is 0. The summed E-state index contributed by atoms with van der Waals surface area (Å²) >= 11 is 0. The van der Waals surface area contributed by atoms with Crippen LogP contribution in [-0.2, 0) is 44.9 Å². The van der Waals surface area contributed by atoms with E-state index in [1.54, 1.807) is 13.0 Å². The van der Waals surface area contributed by atoms with E-state index in [1.807, 2.05) is 110 Å². The standard InChI is InChI=1S/C37H35NO6/c1-3-41-34(37(40)42-25-28-15-9-5-10-16-28)23-29-19-20-33(31(22-29)21-27-13-7-4-8-14-27)44-35(39)24-32-26(2)43-36(38-32)30-17-11-6-12-18-30/h4-20,22,34H,3,21,23-25H2,1-2H3. The Kier molecular flexibility index (Phi) is 10.3. The summed E-state index contributed by atoms with van der Waals surface area (Å²) in [5.41, 5.74) is 5.02. The number of ether oxygens (including phenoxy) is 3. The molecule has 7 heteroatoms. The van der Waals surface area contributed by atoms with E-state index in [2.05, 4.69) is 4.98 Å². The predicted molar refractivity (Wildman–Crippen MR) is 167 cm³/mol. The number of hydrogen-bond acceptors (Lipinski definition) is 7. The Hall–Kier alpha value is -5.01. The van der Waals surface area contributed by atoms with E-state index in [4.69, 9.17) is 18.6 Å². The fraction of sp³-hybridized carbons (Fsp3) is 0.216. The molecule has 4 aromatic carbocycles. The zero-order valence-electron chi connectivity index (χ0n) is 24.9. The van der Waals surface area contributed by atoms with Crippen molar-refractivity contribution in [3.63, 3.8) is 0 Å². The minimum absolute atomic E-state index is 0.0334. The monoisotopic (exact) mass is 589 g/mol. The van der Waals surface area contributed by atoms with E-state index in [-0.39, 0.29) is 13.0 Å². The maximum Gasteiger partial charge on any atom is 0.335 e. The second kappa shape index (κ2) is 14.9. The molecule has 0 fully saturated rings. The lowest BCUT2D eigenvalue weighted by Gasteiger charge is -2.18. The summed E-state index contributed by atoms with van der Waals surface area (Å²) in [4.78, 5) is 30.6. The Morgan fingerprint density at radius 2 is 1.48 bits per heavy atom. The molecule has 1 aromatic heterocycles. The van der Waals surface area contributed by atoms with E-state index in [1.165, 1.54) is 0 Å². The second-order valence-electron chi connectivity index (χ2n) is 10.4. The first-order chi connectivity index (χ1) is 21.5. The van der Waals surface area contributed by atoms with Crippen LogP contribution in [0.4, 0.5) is 0 Å². The van der Waals surface area contributed by atoms with E-state index in [0.29, 0.717) is 42.5 Å². The van der Waals surface area contributed by atoms with Gasteiger partial charge in [-0.1, -0.05) is 91.0 Å². The minimum atomic E-state index is -0.768. The number of carbonyl (C=O) groups excluding carboxylic acids is 2. The van der Waals surface area contributed by atoms with Gasteiger partial charge >= 0.3 is 11.9 Å². The number of rotatable bonds is 13. The summed E-state index contributed by atoms with van der Waals surface area (Å²) in [5, 5.41) is 0. The quantitative estimate of drug-likeness (QED) is 0.107. The Labute approximate surface area is 257 Å². The minimum Gasteiger partial charge on any atom is -0.459 e. The molecule has 1 unspecified atom stereocenters. The van der Waals surface area contributed by atoms with Crippen molar-refractivity contribution in [2.45, 2.75) is 45.8 Å². The highest BCUT2D eigenvalue weighted by molar-refractivity contribution is 5.76. The molecule has 44 heavy (non-hydrogen) atoms. The number of aryl methyl sites for hydroxylation is 1. The number of oxazole rings is 1. The molecule has 0 spiro atoms. The highest BCUT2D eigenvalue weighted by Crippen LogP contribution is 2.26. The SMILES string of the molecule is CCOC(Cc1ccc(OC(=O)Cc2nc(-c3ccccc3)oc2C)c(Cc2ccccc2)c1)C(=O)OCc1ccccc1. The van der Waals surface area contributed by atoms with Gasteiger partial charge in [0.1, 0.15) is 18.1 Å². The highest BCUT2D eigenvalue weighted by Gasteiger charge is 2.23. The van der Waals surface area contributed by atoms with E-state index in [0.717, 1.165) is 27.8 Å². The molecule has 5 aromatic rings. The Morgan fingerprint density at radius 1 is 0.818 bits per heavy atom. The van der Waals surface area contributed by atoms with Gasteiger partial charge in [0.2, 0.25) is 5.89 Å². The van der Waals surface area contributed by atoms with Gasteiger partial charge in [-0.3, -0.25) is 4.79 Å². The van der Waals surface area contributed by atoms with E-state index < -0.39 is 18.0 Å². The topological polar surface area (TPSA) is 87.9 Å². The first-order valence-electron chi connectivity index (χ1n) is 14.7. The average molecular weight is 590 g/mol. The first kappa shape index (κ1) is 30.4. The number of benzene rings is 4. The fourth-order valence-corrected chi connectivity index (χ4v) is 4.85. The lowest BCUT2D eigenvalue weighted by atomic mass is 9.99. The molecule has 5 rings (SSSR count). The Morgan fingerprint density at radius 3 is 2.16 bits per heavy atom. The van der Waals surface area contributed by atoms with Crippen LogP contribution in [0.5, 0.6) is 5.75 Å². The molecule has 0 N–H and O–H groups in total. The number of carbonyl (C=O) groups is 2. The molecule has 0 aliphatic heterocycles. The predicted octanol–water partition coefficient (Wildman–Crippen LogP) is 7.08. The Balaban J connectivity index is 1.32. The number of esters is 2. The summed E-state index contributed by atoms with van der Waals surface area (Å²) < 4.78 is 23.1. The van der Waals surface area contributed by atoms with Crippen LogP contribution in [0, 0.1) is 6.92 Å². The molecule has 0 radical (unpaired) electrons. The van der Waals surface area contributed by atoms with E-state index in [9.17, 15) is 9.59 Å². The number of aromatic nitrogens is 1. The molecular formula is C37H35NO6. The molecule has 0 aliphatic carbocycles. The van der Waals surface area contributed by atoms with Crippen LogP contribution in [0.15, 0.2) is 114 Å². The zero-order chi connectivity index (χ0) is 30.7. The van der Waals surface area contributed by atoms with Gasteiger partial charge in [0.25, 0.3) is 0 Å². The molecular weight excluding hydrogens is 554 g/mol. The normalized spacial score (nSPS) is 11.6. The molecule has 1 heterocycles. The van der Waals surface area contributed by atoms with Gasteiger partial charge in [-0.05, 0) is 54.3 Å². The van der Waals surface area contributed by atoms with Crippen molar-refractivity contribution in [3.8, 4) is 17.2 Å². The highest BCUT2D eigenvalue weighted by atomic mass is 16.6. The lowest BCUT2D eigenvalue weighted by molar-refractivity contribution is -0.158. The maximum atomic E-state index is 13.1. The summed E-state index contributed by atoms with van der Waals surface area (Å²) in [6, 6.07) is 34.6. The summed E-state index contributed by atoms with van der Waals surface area (Å²) in [7, 11) is 0. The van der Waals surface area contributed by atoms with Crippen molar-refractivity contribution in [3.05, 3.63) is 143 Å². The third-order valence-electron chi connectivity index (χ3n) is 7.09. The molecule has 1 atom stereocenters. The van der Waals surface area contributed by atoms with Crippen molar-refractivity contribution in [2.24, 2.45) is 0 Å². The van der Waals surface area contributed by atoms with Crippen molar-refractivity contribution in [2.75, 3.05) is 6.61 Å². The van der Waals surface area contributed by atoms with Gasteiger partial charge in [0.15, 0.2) is 6.10 Å². The van der Waals surface area contributed by atoms with Crippen molar-refractivity contribution in [1.29, 1.82) is 0 Å². The first-order valence-corrected chi connectivity index (χ1v) is 14.7.